The van der Waals surface area contributed by atoms with Crippen LogP contribution in [-0.2, 0) is 6.42 Å². The van der Waals surface area contributed by atoms with Gasteiger partial charge in [0.05, 0.1) is 18.4 Å². The summed E-state index contributed by atoms with van der Waals surface area (Å²) in [5, 5.41) is 0. The number of ether oxygens (including phenoxy) is 1. The summed E-state index contributed by atoms with van der Waals surface area (Å²) in [5.74, 6) is 0.608. The van der Waals surface area contributed by atoms with Gasteiger partial charge in [-0.15, -0.1) is 0 Å². The average molecular weight is 283 g/mol. The molecule has 0 amide bonds. The van der Waals surface area contributed by atoms with Crippen LogP contribution in [0.3, 0.4) is 0 Å². The van der Waals surface area contributed by atoms with Crippen LogP contribution in [0.2, 0.25) is 0 Å². The second-order valence-corrected chi connectivity index (χ2v) is 4.99. The number of methoxy groups -OCH3 is 1. The van der Waals surface area contributed by atoms with Crippen molar-refractivity contribution in [1.82, 2.24) is 0 Å². The Labute approximate surface area is 126 Å². The fourth-order valence-corrected chi connectivity index (χ4v) is 2.42. The smallest absolute Gasteiger partial charge is 0.165 e. The van der Waals surface area contributed by atoms with Crippen LogP contribution in [0.25, 0.3) is 0 Å². The topological polar surface area (TPSA) is 29.5 Å². The number of ketones is 1. The zero-order chi connectivity index (χ0) is 15.4. The van der Waals surface area contributed by atoms with Crippen LogP contribution in [0.5, 0.6) is 5.75 Å². The number of benzene rings is 2. The molecule has 0 saturated heterocycles. The summed E-state index contributed by atoms with van der Waals surface area (Å²) in [6, 6.07) is 14.0. The molecule has 2 aromatic rings. The molecule has 0 bridgehead atoms. The minimum Gasteiger partial charge on any atom is -0.496 e. The van der Waals surface area contributed by atoms with E-state index >= 15 is 0 Å². The van der Waals surface area contributed by atoms with Gasteiger partial charge in [0.2, 0.25) is 0 Å². The summed E-state index contributed by atoms with van der Waals surface area (Å²) in [6.45, 7) is 3.70. The molecule has 21 heavy (non-hydrogen) atoms. The van der Waals surface area contributed by atoms with Gasteiger partial charge < -0.3 is 9.64 Å². The number of hydrogen-bond acceptors (Lipinski definition) is 3. The minimum atomic E-state index is -0.000483. The quantitative estimate of drug-likeness (QED) is 0.769. The maximum atomic E-state index is 12.0. The van der Waals surface area contributed by atoms with Gasteiger partial charge in [-0.05, 0) is 43.2 Å². The molecular formula is C18H21NO2. The van der Waals surface area contributed by atoms with Crippen LogP contribution in [0.15, 0.2) is 42.5 Å². The van der Waals surface area contributed by atoms with Crippen molar-refractivity contribution in [3.63, 3.8) is 0 Å². The molecule has 3 nitrogen and oxygen atoms in total. The molecule has 0 spiro atoms. The molecule has 0 atom stereocenters. The first kappa shape index (κ1) is 15.1. The monoisotopic (exact) mass is 283 g/mol. The van der Waals surface area contributed by atoms with Crippen LogP contribution in [0.4, 0.5) is 11.4 Å². The zero-order valence-electron chi connectivity index (χ0n) is 13.0. The SMILES string of the molecule is CCc1ccc(N(C)c2cccc(OC)c2C(C)=O)cc1. The van der Waals surface area contributed by atoms with Crippen molar-refractivity contribution in [3.8, 4) is 5.75 Å². The summed E-state index contributed by atoms with van der Waals surface area (Å²) in [7, 11) is 3.55. The lowest BCUT2D eigenvalue weighted by Crippen LogP contribution is -2.14. The fraction of sp³-hybridized carbons (Fsp3) is 0.278. The van der Waals surface area contributed by atoms with E-state index in [2.05, 4.69) is 31.2 Å². The molecule has 0 heterocycles. The summed E-state index contributed by atoms with van der Waals surface area (Å²) in [6.07, 6.45) is 1.02. The number of carbonyl (C=O) groups is 1. The number of nitrogens with zero attached hydrogens (tertiary/aromatic N) is 1. The first-order valence-corrected chi connectivity index (χ1v) is 7.09. The van der Waals surface area contributed by atoms with Gasteiger partial charge in [-0.2, -0.15) is 0 Å². The normalized spacial score (nSPS) is 10.3. The lowest BCUT2D eigenvalue weighted by atomic mass is 10.1. The largest absolute Gasteiger partial charge is 0.496 e. The molecule has 2 rings (SSSR count). The highest BCUT2D eigenvalue weighted by molar-refractivity contribution is 6.03. The van der Waals surface area contributed by atoms with Gasteiger partial charge in [0.1, 0.15) is 5.75 Å². The number of Topliss-reactive ketones (excluding diaryl/α,β-unsaturated/α-hetero) is 1. The van der Waals surface area contributed by atoms with E-state index in [9.17, 15) is 4.79 Å². The molecule has 110 valence electrons. The zero-order valence-corrected chi connectivity index (χ0v) is 13.0. The Morgan fingerprint density at radius 2 is 1.81 bits per heavy atom. The average Bonchev–Trinajstić information content (AvgIpc) is 2.53. The molecule has 0 fully saturated rings. The molecule has 0 aliphatic carbocycles. The van der Waals surface area contributed by atoms with E-state index in [4.69, 9.17) is 4.74 Å². The fourth-order valence-electron chi connectivity index (χ4n) is 2.42. The predicted molar refractivity (Wildman–Crippen MR) is 86.9 cm³/mol. The van der Waals surface area contributed by atoms with Gasteiger partial charge in [-0.3, -0.25) is 4.79 Å². The Hall–Kier alpha value is -2.29. The van der Waals surface area contributed by atoms with Crippen LogP contribution < -0.4 is 9.64 Å². The highest BCUT2D eigenvalue weighted by Gasteiger charge is 2.17. The Balaban J connectivity index is 2.46. The standard InChI is InChI=1S/C18H21NO2/c1-5-14-9-11-15(12-10-14)19(3)16-7-6-8-17(21-4)18(16)13(2)20/h6-12H,5H2,1-4H3. The first-order valence-electron chi connectivity index (χ1n) is 7.09. The Bertz CT molecular complexity index is 632. The van der Waals surface area contributed by atoms with Crippen molar-refractivity contribution in [2.75, 3.05) is 19.1 Å². The summed E-state index contributed by atoms with van der Waals surface area (Å²) < 4.78 is 5.32. The second kappa shape index (κ2) is 6.44. The van der Waals surface area contributed by atoms with Gasteiger partial charge in [-0.1, -0.05) is 25.1 Å². The molecule has 2 aromatic carbocycles. The van der Waals surface area contributed by atoms with E-state index in [1.165, 1.54) is 5.56 Å². The molecule has 0 unspecified atom stereocenters. The van der Waals surface area contributed by atoms with Crippen molar-refractivity contribution in [2.24, 2.45) is 0 Å². The van der Waals surface area contributed by atoms with Gasteiger partial charge in [-0.25, -0.2) is 0 Å². The van der Waals surface area contributed by atoms with E-state index in [-0.39, 0.29) is 5.78 Å². The Morgan fingerprint density at radius 3 is 2.33 bits per heavy atom. The molecule has 0 radical (unpaired) electrons. The van der Waals surface area contributed by atoms with E-state index < -0.39 is 0 Å². The third kappa shape index (κ3) is 3.07. The maximum absolute atomic E-state index is 12.0. The number of rotatable bonds is 5. The van der Waals surface area contributed by atoms with Crippen LogP contribution in [0, 0.1) is 0 Å². The third-order valence-corrected chi connectivity index (χ3v) is 3.67. The van der Waals surface area contributed by atoms with Crippen molar-refractivity contribution >= 4 is 17.2 Å². The minimum absolute atomic E-state index is 0.000483. The molecule has 0 aromatic heterocycles. The van der Waals surface area contributed by atoms with E-state index in [0.717, 1.165) is 17.8 Å². The number of aryl methyl sites for hydroxylation is 1. The molecule has 0 saturated carbocycles. The van der Waals surface area contributed by atoms with E-state index in [1.807, 2.05) is 30.1 Å². The molecular weight excluding hydrogens is 262 g/mol. The highest BCUT2D eigenvalue weighted by atomic mass is 16.5. The molecule has 0 aliphatic rings. The lowest BCUT2D eigenvalue weighted by molar-refractivity contribution is 0.101. The number of anilines is 2. The van der Waals surface area contributed by atoms with Gasteiger partial charge in [0.15, 0.2) is 5.78 Å². The van der Waals surface area contributed by atoms with Crippen molar-refractivity contribution in [2.45, 2.75) is 20.3 Å². The molecule has 0 aliphatic heterocycles. The lowest BCUT2D eigenvalue weighted by Gasteiger charge is -2.23. The predicted octanol–water partition coefficient (Wildman–Crippen LogP) is 4.23. The summed E-state index contributed by atoms with van der Waals surface area (Å²) in [4.78, 5) is 14.0. The van der Waals surface area contributed by atoms with E-state index in [0.29, 0.717) is 11.3 Å². The second-order valence-electron chi connectivity index (χ2n) is 4.99. The molecule has 3 heteroatoms. The summed E-state index contributed by atoms with van der Waals surface area (Å²) >= 11 is 0. The van der Waals surface area contributed by atoms with Gasteiger partial charge >= 0.3 is 0 Å². The number of hydrogen-bond donors (Lipinski definition) is 0. The Morgan fingerprint density at radius 1 is 1.14 bits per heavy atom. The van der Waals surface area contributed by atoms with E-state index in [1.54, 1.807) is 14.0 Å². The van der Waals surface area contributed by atoms with Crippen molar-refractivity contribution in [3.05, 3.63) is 53.6 Å². The van der Waals surface area contributed by atoms with Crippen LogP contribution >= 0.6 is 0 Å². The van der Waals surface area contributed by atoms with Crippen molar-refractivity contribution < 1.29 is 9.53 Å². The van der Waals surface area contributed by atoms with Crippen LogP contribution in [0.1, 0.15) is 29.8 Å². The maximum Gasteiger partial charge on any atom is 0.165 e. The van der Waals surface area contributed by atoms with Gasteiger partial charge in [0, 0.05) is 12.7 Å². The first-order chi connectivity index (χ1) is 10.1. The number of carbonyl (C=O) groups excluding carboxylic acids is 1. The highest BCUT2D eigenvalue weighted by Crippen LogP contribution is 2.33. The van der Waals surface area contributed by atoms with Gasteiger partial charge in [0.25, 0.3) is 0 Å². The summed E-state index contributed by atoms with van der Waals surface area (Å²) in [5.41, 5.74) is 3.81. The van der Waals surface area contributed by atoms with Crippen LogP contribution in [-0.4, -0.2) is 19.9 Å². The Kier molecular flexibility index (Phi) is 4.63. The third-order valence-electron chi connectivity index (χ3n) is 3.67. The molecule has 0 N–H and O–H groups in total. The van der Waals surface area contributed by atoms with Crippen molar-refractivity contribution in [1.29, 1.82) is 0 Å².